The Morgan fingerprint density at radius 3 is 2.55 bits per heavy atom. The van der Waals surface area contributed by atoms with Crippen LogP contribution in [0.2, 0.25) is 0 Å². The number of anilines is 2. The highest BCUT2D eigenvalue weighted by molar-refractivity contribution is 6.06. The van der Waals surface area contributed by atoms with Crippen LogP contribution < -0.4 is 24.8 Å². The van der Waals surface area contributed by atoms with Gasteiger partial charge in [0.05, 0.1) is 25.5 Å². The van der Waals surface area contributed by atoms with Crippen LogP contribution >= 0.6 is 0 Å². The van der Waals surface area contributed by atoms with Crippen LogP contribution in [-0.4, -0.2) is 34.9 Å². The van der Waals surface area contributed by atoms with Crippen LogP contribution in [-0.2, 0) is 11.4 Å². The van der Waals surface area contributed by atoms with Gasteiger partial charge in [-0.05, 0) is 42.8 Å². The topological polar surface area (TPSA) is 99.5 Å². The predicted octanol–water partition coefficient (Wildman–Crippen LogP) is 4.94. The normalized spacial score (nSPS) is 14.4. The molecule has 194 valence electrons. The summed E-state index contributed by atoms with van der Waals surface area (Å²) in [5, 5.41) is 10.5. The Kier molecular flexibility index (Phi) is 6.94. The molecule has 1 aliphatic heterocycles. The molecule has 0 spiro atoms. The number of hydrogen-bond donors (Lipinski definition) is 2. The number of hydrogen-bond acceptors (Lipinski definition) is 7. The highest BCUT2D eigenvalue weighted by Crippen LogP contribution is 2.37. The molecule has 1 aliphatic rings. The molecule has 9 nitrogen and oxygen atoms in total. The lowest BCUT2D eigenvalue weighted by Crippen LogP contribution is -2.31. The molecule has 38 heavy (non-hydrogen) atoms. The van der Waals surface area contributed by atoms with Gasteiger partial charge in [0.1, 0.15) is 42.0 Å². The summed E-state index contributed by atoms with van der Waals surface area (Å²) in [4.78, 5) is 17.9. The fraction of sp³-hybridized carbons (Fsp3) is 0.179. The number of methoxy groups -OCH3 is 2. The molecule has 2 heterocycles. The van der Waals surface area contributed by atoms with E-state index in [0.29, 0.717) is 45.7 Å². The molecule has 0 unspecified atom stereocenters. The Labute approximate surface area is 218 Å². The molecule has 10 heteroatoms. The summed E-state index contributed by atoms with van der Waals surface area (Å²) < 4.78 is 32.1. The average Bonchev–Trinajstić information content (AvgIpc) is 3.40. The molecule has 0 fully saturated rings. The molecule has 0 saturated carbocycles. The van der Waals surface area contributed by atoms with Crippen molar-refractivity contribution < 1.29 is 23.4 Å². The second-order valence-corrected chi connectivity index (χ2v) is 8.56. The fourth-order valence-electron chi connectivity index (χ4n) is 4.31. The van der Waals surface area contributed by atoms with E-state index >= 15 is 0 Å². The monoisotopic (exact) mass is 515 g/mol. The number of nitrogens with zero attached hydrogens (tertiary/aromatic N) is 3. The lowest BCUT2D eigenvalue weighted by Gasteiger charge is -2.29. The number of aromatic nitrogens is 3. The molecule has 2 N–H and O–H groups in total. The SMILES string of the molecule is COc1ccc(NC(=O)C2=C(C)Nc3ncnn3[C@H]2c2ccc(OCc3ccccc3F)cc2)c(OC)c1. The van der Waals surface area contributed by atoms with Gasteiger partial charge in [0.2, 0.25) is 5.95 Å². The van der Waals surface area contributed by atoms with Crippen molar-refractivity contribution >= 4 is 17.5 Å². The minimum atomic E-state index is -0.557. The maximum absolute atomic E-state index is 13.9. The number of fused-ring (bicyclic) bond motifs is 1. The maximum Gasteiger partial charge on any atom is 0.255 e. The van der Waals surface area contributed by atoms with Gasteiger partial charge in [-0.15, -0.1) is 0 Å². The second kappa shape index (κ2) is 10.6. The molecule has 4 aromatic rings. The van der Waals surface area contributed by atoms with Gasteiger partial charge in [-0.1, -0.05) is 30.3 Å². The van der Waals surface area contributed by atoms with Crippen molar-refractivity contribution in [3.63, 3.8) is 0 Å². The van der Waals surface area contributed by atoms with E-state index in [2.05, 4.69) is 20.7 Å². The largest absolute Gasteiger partial charge is 0.497 e. The Morgan fingerprint density at radius 1 is 1.05 bits per heavy atom. The molecule has 1 amide bonds. The number of benzene rings is 3. The van der Waals surface area contributed by atoms with Crippen molar-refractivity contribution in [3.8, 4) is 17.2 Å². The minimum Gasteiger partial charge on any atom is -0.497 e. The molecular formula is C28H26FN5O4. The Hall–Kier alpha value is -4.86. The predicted molar refractivity (Wildman–Crippen MR) is 140 cm³/mol. The lowest BCUT2D eigenvalue weighted by molar-refractivity contribution is -0.113. The molecule has 1 aromatic heterocycles. The average molecular weight is 516 g/mol. The summed E-state index contributed by atoms with van der Waals surface area (Å²) in [6, 6.07) is 18.4. The maximum atomic E-state index is 13.9. The first kappa shape index (κ1) is 24.8. The number of halogens is 1. The van der Waals surface area contributed by atoms with E-state index in [-0.39, 0.29) is 18.3 Å². The summed E-state index contributed by atoms with van der Waals surface area (Å²) >= 11 is 0. The number of allylic oxidation sites excluding steroid dienone is 1. The molecule has 0 radical (unpaired) electrons. The van der Waals surface area contributed by atoms with Crippen molar-refractivity contribution in [2.45, 2.75) is 19.6 Å². The number of nitrogens with one attached hydrogen (secondary N) is 2. The van der Waals surface area contributed by atoms with E-state index in [4.69, 9.17) is 14.2 Å². The molecule has 0 saturated heterocycles. The Balaban J connectivity index is 1.42. The smallest absolute Gasteiger partial charge is 0.255 e. The first-order valence-electron chi connectivity index (χ1n) is 11.9. The Morgan fingerprint density at radius 2 is 1.82 bits per heavy atom. The third-order valence-corrected chi connectivity index (χ3v) is 6.24. The van der Waals surface area contributed by atoms with E-state index in [1.807, 2.05) is 19.1 Å². The summed E-state index contributed by atoms with van der Waals surface area (Å²) in [5.74, 6) is 1.52. The van der Waals surface area contributed by atoms with Gasteiger partial charge >= 0.3 is 0 Å². The second-order valence-electron chi connectivity index (χ2n) is 8.56. The zero-order chi connectivity index (χ0) is 26.6. The number of ether oxygens (including phenoxy) is 3. The fourth-order valence-corrected chi connectivity index (χ4v) is 4.31. The van der Waals surface area contributed by atoms with Gasteiger partial charge < -0.3 is 24.8 Å². The highest BCUT2D eigenvalue weighted by atomic mass is 19.1. The van der Waals surface area contributed by atoms with E-state index in [1.54, 1.807) is 60.3 Å². The molecule has 5 rings (SSSR count). The zero-order valence-electron chi connectivity index (χ0n) is 21.1. The third-order valence-electron chi connectivity index (χ3n) is 6.24. The van der Waals surface area contributed by atoms with Crippen LogP contribution in [0.15, 0.2) is 84.3 Å². The van der Waals surface area contributed by atoms with Gasteiger partial charge in [0.25, 0.3) is 5.91 Å². The first-order valence-corrected chi connectivity index (χ1v) is 11.9. The molecule has 0 aliphatic carbocycles. The zero-order valence-corrected chi connectivity index (χ0v) is 21.1. The van der Waals surface area contributed by atoms with Crippen molar-refractivity contribution in [2.24, 2.45) is 0 Å². The van der Waals surface area contributed by atoms with E-state index in [9.17, 15) is 9.18 Å². The standard InChI is InChI=1S/C28H26FN5O4/c1-17-25(27(35)33-23-13-12-21(36-2)14-24(23)37-3)26(34-28(32-17)30-16-31-34)18-8-10-20(11-9-18)38-15-19-6-4-5-7-22(19)29/h4-14,16,26H,15H2,1-3H3,(H,33,35)(H,30,31,32)/t26-/m0/s1. The van der Waals surface area contributed by atoms with E-state index < -0.39 is 6.04 Å². The van der Waals surface area contributed by atoms with Crippen LogP contribution in [0, 0.1) is 5.82 Å². The first-order chi connectivity index (χ1) is 18.5. The third kappa shape index (κ3) is 4.88. The van der Waals surface area contributed by atoms with Crippen LogP contribution in [0.25, 0.3) is 0 Å². The van der Waals surface area contributed by atoms with Gasteiger partial charge in [0, 0.05) is 17.3 Å². The summed E-state index contributed by atoms with van der Waals surface area (Å²) in [7, 11) is 3.09. The summed E-state index contributed by atoms with van der Waals surface area (Å²) in [5.41, 5.74) is 2.86. The number of rotatable bonds is 8. The quantitative estimate of drug-likeness (QED) is 0.343. The van der Waals surface area contributed by atoms with Crippen LogP contribution in [0.5, 0.6) is 17.2 Å². The Bertz CT molecular complexity index is 1500. The summed E-state index contributed by atoms with van der Waals surface area (Å²) in [6.07, 6.45) is 1.43. The van der Waals surface area contributed by atoms with Gasteiger partial charge in [0.15, 0.2) is 0 Å². The van der Waals surface area contributed by atoms with Crippen molar-refractivity contribution in [3.05, 3.63) is 101 Å². The summed E-state index contributed by atoms with van der Waals surface area (Å²) in [6.45, 7) is 1.92. The molecule has 1 atom stereocenters. The molecule has 0 bridgehead atoms. The van der Waals surface area contributed by atoms with Crippen LogP contribution in [0.3, 0.4) is 0 Å². The lowest BCUT2D eigenvalue weighted by atomic mass is 9.95. The number of carbonyl (C=O) groups excluding carboxylic acids is 1. The van der Waals surface area contributed by atoms with Crippen molar-refractivity contribution in [2.75, 3.05) is 24.9 Å². The van der Waals surface area contributed by atoms with Crippen LogP contribution in [0.4, 0.5) is 16.0 Å². The van der Waals surface area contributed by atoms with Gasteiger partial charge in [-0.3, -0.25) is 4.79 Å². The van der Waals surface area contributed by atoms with E-state index in [1.165, 1.54) is 19.5 Å². The van der Waals surface area contributed by atoms with Crippen molar-refractivity contribution in [1.82, 2.24) is 14.8 Å². The number of carbonyl (C=O) groups is 1. The van der Waals surface area contributed by atoms with Gasteiger partial charge in [-0.25, -0.2) is 9.07 Å². The highest BCUT2D eigenvalue weighted by Gasteiger charge is 2.33. The molecule has 3 aromatic carbocycles. The van der Waals surface area contributed by atoms with E-state index in [0.717, 1.165) is 5.56 Å². The minimum absolute atomic E-state index is 0.100. The van der Waals surface area contributed by atoms with Crippen LogP contribution in [0.1, 0.15) is 24.1 Å². The van der Waals surface area contributed by atoms with Crippen molar-refractivity contribution in [1.29, 1.82) is 0 Å². The van der Waals surface area contributed by atoms with Gasteiger partial charge in [-0.2, -0.15) is 10.1 Å². The number of amides is 1. The molecular weight excluding hydrogens is 489 g/mol.